The highest BCUT2D eigenvalue weighted by Crippen LogP contribution is 2.30. The van der Waals surface area contributed by atoms with E-state index in [2.05, 4.69) is 15.9 Å². The fraction of sp³-hybridized carbons (Fsp3) is 0.700. The number of nitrogens with zero attached hydrogens (tertiary/aromatic N) is 2. The van der Waals surface area contributed by atoms with Gasteiger partial charge in [-0.2, -0.15) is 0 Å². The molecule has 2 aliphatic heterocycles. The lowest BCUT2D eigenvalue weighted by molar-refractivity contribution is -0.0687. The Bertz CT molecular complexity index is 577. The van der Waals surface area contributed by atoms with Gasteiger partial charge in [-0.15, -0.1) is 0 Å². The largest absolute Gasteiger partial charge is 0.493 e. The Morgan fingerprint density at radius 2 is 1.85 bits per heavy atom. The van der Waals surface area contributed by atoms with Gasteiger partial charge in [0.1, 0.15) is 12.2 Å². The fourth-order valence-corrected chi connectivity index (χ4v) is 3.95. The van der Waals surface area contributed by atoms with Crippen LogP contribution >= 0.6 is 0 Å². The van der Waals surface area contributed by atoms with Crippen molar-refractivity contribution in [2.75, 3.05) is 53.0 Å². The molecule has 3 rings (SSSR count). The van der Waals surface area contributed by atoms with E-state index in [4.69, 9.17) is 9.47 Å². The van der Waals surface area contributed by atoms with E-state index in [-0.39, 0.29) is 6.61 Å². The molecule has 0 spiro atoms. The molecule has 2 saturated heterocycles. The number of likely N-dealkylation sites (tertiary alicyclic amines) is 2. The molecule has 2 aliphatic rings. The SMILES string of the molecule is COc1cc(CN2CCCC(O)(CO)C2)ccc1OCCN1CCCC1. The van der Waals surface area contributed by atoms with Crippen molar-refractivity contribution in [1.82, 2.24) is 9.80 Å². The second kappa shape index (κ2) is 9.04. The number of ether oxygens (including phenoxy) is 2. The molecule has 1 aromatic carbocycles. The highest BCUT2D eigenvalue weighted by atomic mass is 16.5. The van der Waals surface area contributed by atoms with Gasteiger partial charge in [0, 0.05) is 19.6 Å². The van der Waals surface area contributed by atoms with Crippen LogP contribution in [0.5, 0.6) is 11.5 Å². The number of β-amino-alcohol motifs (C(OH)–C–C–N with tert-alkyl or cyclic N) is 1. The quantitative estimate of drug-likeness (QED) is 0.729. The van der Waals surface area contributed by atoms with Gasteiger partial charge in [-0.05, 0) is 63.0 Å². The molecule has 0 aromatic heterocycles. The van der Waals surface area contributed by atoms with E-state index in [0.717, 1.165) is 43.1 Å². The Labute approximate surface area is 156 Å². The van der Waals surface area contributed by atoms with Crippen molar-refractivity contribution < 1.29 is 19.7 Å². The lowest BCUT2D eigenvalue weighted by Crippen LogP contribution is -2.50. The maximum Gasteiger partial charge on any atom is 0.161 e. The third-order valence-electron chi connectivity index (χ3n) is 5.43. The third kappa shape index (κ3) is 5.10. The van der Waals surface area contributed by atoms with Crippen molar-refractivity contribution >= 4 is 0 Å². The molecule has 6 nitrogen and oxygen atoms in total. The first kappa shape index (κ1) is 19.4. The number of piperidine rings is 1. The summed E-state index contributed by atoms with van der Waals surface area (Å²) in [5, 5.41) is 19.7. The summed E-state index contributed by atoms with van der Waals surface area (Å²) in [6, 6.07) is 6.04. The van der Waals surface area contributed by atoms with Crippen LogP contribution in [-0.4, -0.2) is 78.7 Å². The number of aliphatic hydroxyl groups is 2. The van der Waals surface area contributed by atoms with Crippen molar-refractivity contribution in [1.29, 1.82) is 0 Å². The Morgan fingerprint density at radius 3 is 2.58 bits per heavy atom. The van der Waals surface area contributed by atoms with Gasteiger partial charge >= 0.3 is 0 Å². The predicted octanol–water partition coefficient (Wildman–Crippen LogP) is 1.49. The van der Waals surface area contributed by atoms with Crippen LogP contribution in [-0.2, 0) is 6.54 Å². The summed E-state index contributed by atoms with van der Waals surface area (Å²) >= 11 is 0. The number of methoxy groups -OCH3 is 1. The maximum atomic E-state index is 10.3. The van der Waals surface area contributed by atoms with Gasteiger partial charge in [0.05, 0.1) is 13.7 Å². The molecule has 0 radical (unpaired) electrons. The monoisotopic (exact) mass is 364 g/mol. The van der Waals surface area contributed by atoms with Gasteiger partial charge < -0.3 is 19.7 Å². The van der Waals surface area contributed by atoms with E-state index in [1.807, 2.05) is 12.1 Å². The smallest absolute Gasteiger partial charge is 0.161 e. The van der Waals surface area contributed by atoms with Gasteiger partial charge in [-0.3, -0.25) is 9.80 Å². The van der Waals surface area contributed by atoms with Crippen molar-refractivity contribution in [2.24, 2.45) is 0 Å². The van der Waals surface area contributed by atoms with Gasteiger partial charge in [0.2, 0.25) is 0 Å². The van der Waals surface area contributed by atoms with Crippen molar-refractivity contribution in [2.45, 2.75) is 37.8 Å². The fourth-order valence-electron chi connectivity index (χ4n) is 3.95. The van der Waals surface area contributed by atoms with E-state index in [1.54, 1.807) is 7.11 Å². The van der Waals surface area contributed by atoms with Crippen LogP contribution in [0, 0.1) is 0 Å². The standard InChI is InChI=1S/C20H32N2O4/c1-25-19-13-17(14-22-10-4-7-20(24,15-22)16-23)5-6-18(19)26-12-11-21-8-2-3-9-21/h5-6,13,23-24H,2-4,7-12,14-16H2,1H3. The molecular weight excluding hydrogens is 332 g/mol. The van der Waals surface area contributed by atoms with Gasteiger partial charge in [-0.1, -0.05) is 6.07 Å². The minimum atomic E-state index is -0.971. The molecule has 1 aromatic rings. The first-order valence-corrected chi connectivity index (χ1v) is 9.69. The minimum Gasteiger partial charge on any atom is -0.493 e. The first-order chi connectivity index (χ1) is 12.6. The molecule has 2 fully saturated rings. The Hall–Kier alpha value is -1.34. The van der Waals surface area contributed by atoms with E-state index in [1.165, 1.54) is 25.9 Å². The highest BCUT2D eigenvalue weighted by molar-refractivity contribution is 5.43. The second-order valence-corrected chi connectivity index (χ2v) is 7.58. The Balaban J connectivity index is 1.55. The molecule has 2 heterocycles. The minimum absolute atomic E-state index is 0.184. The van der Waals surface area contributed by atoms with Crippen LogP contribution in [0.3, 0.4) is 0 Å². The maximum absolute atomic E-state index is 10.3. The zero-order chi connectivity index (χ0) is 18.4. The topological polar surface area (TPSA) is 65.4 Å². The Morgan fingerprint density at radius 1 is 1.08 bits per heavy atom. The van der Waals surface area contributed by atoms with Crippen molar-refractivity contribution in [3.63, 3.8) is 0 Å². The highest BCUT2D eigenvalue weighted by Gasteiger charge is 2.32. The molecule has 0 bridgehead atoms. The Kier molecular flexibility index (Phi) is 6.75. The number of hydrogen-bond donors (Lipinski definition) is 2. The van der Waals surface area contributed by atoms with E-state index in [0.29, 0.717) is 19.6 Å². The average molecular weight is 364 g/mol. The summed E-state index contributed by atoms with van der Waals surface area (Å²) < 4.78 is 11.4. The molecular formula is C20H32N2O4. The van der Waals surface area contributed by atoms with Gasteiger partial charge in [-0.25, -0.2) is 0 Å². The van der Waals surface area contributed by atoms with Crippen LogP contribution < -0.4 is 9.47 Å². The second-order valence-electron chi connectivity index (χ2n) is 7.58. The summed E-state index contributed by atoms with van der Waals surface area (Å²) in [6.07, 6.45) is 4.14. The number of aliphatic hydroxyl groups excluding tert-OH is 1. The third-order valence-corrected chi connectivity index (χ3v) is 5.43. The van der Waals surface area contributed by atoms with E-state index in [9.17, 15) is 10.2 Å². The number of rotatable bonds is 8. The molecule has 0 saturated carbocycles. The number of hydrogen-bond acceptors (Lipinski definition) is 6. The van der Waals surface area contributed by atoms with E-state index >= 15 is 0 Å². The molecule has 146 valence electrons. The van der Waals surface area contributed by atoms with Crippen LogP contribution in [0.2, 0.25) is 0 Å². The number of benzene rings is 1. The summed E-state index contributed by atoms with van der Waals surface area (Å²) in [6.45, 7) is 5.96. The van der Waals surface area contributed by atoms with Crippen LogP contribution in [0.15, 0.2) is 18.2 Å². The van der Waals surface area contributed by atoms with Gasteiger partial charge in [0.25, 0.3) is 0 Å². The molecule has 1 atom stereocenters. The molecule has 26 heavy (non-hydrogen) atoms. The predicted molar refractivity (Wildman–Crippen MR) is 101 cm³/mol. The molecule has 0 amide bonds. The molecule has 0 aliphatic carbocycles. The van der Waals surface area contributed by atoms with Crippen molar-refractivity contribution in [3.8, 4) is 11.5 Å². The lowest BCUT2D eigenvalue weighted by atomic mass is 9.93. The summed E-state index contributed by atoms with van der Waals surface area (Å²) in [4.78, 5) is 4.61. The zero-order valence-corrected chi connectivity index (χ0v) is 15.8. The lowest BCUT2D eigenvalue weighted by Gasteiger charge is -2.38. The molecule has 6 heteroatoms. The molecule has 1 unspecified atom stereocenters. The van der Waals surface area contributed by atoms with E-state index < -0.39 is 5.60 Å². The summed E-state index contributed by atoms with van der Waals surface area (Å²) in [5.74, 6) is 1.53. The zero-order valence-electron chi connectivity index (χ0n) is 15.8. The van der Waals surface area contributed by atoms with Crippen LogP contribution in [0.4, 0.5) is 0 Å². The summed E-state index contributed by atoms with van der Waals surface area (Å²) in [7, 11) is 1.66. The first-order valence-electron chi connectivity index (χ1n) is 9.69. The normalized spacial score (nSPS) is 24.7. The summed E-state index contributed by atoms with van der Waals surface area (Å²) in [5.41, 5.74) is 0.150. The van der Waals surface area contributed by atoms with Crippen LogP contribution in [0.25, 0.3) is 0 Å². The molecule has 2 N–H and O–H groups in total. The van der Waals surface area contributed by atoms with Crippen LogP contribution in [0.1, 0.15) is 31.2 Å². The average Bonchev–Trinajstić information content (AvgIpc) is 3.16. The van der Waals surface area contributed by atoms with Gasteiger partial charge in [0.15, 0.2) is 11.5 Å². The van der Waals surface area contributed by atoms with Crippen molar-refractivity contribution in [3.05, 3.63) is 23.8 Å².